The van der Waals surface area contributed by atoms with Gasteiger partial charge < -0.3 is 20.9 Å². The maximum atomic E-state index is 5.87. The number of rotatable bonds is 4. The Hall–Kier alpha value is -6.66. The summed E-state index contributed by atoms with van der Waals surface area (Å²) in [5, 5.41) is 3.75. The molecule has 1 aliphatic rings. The lowest BCUT2D eigenvalue weighted by molar-refractivity contribution is 1.17. The Balaban J connectivity index is 0.000000232. The van der Waals surface area contributed by atoms with Gasteiger partial charge in [0.1, 0.15) is 0 Å². The summed E-state index contributed by atoms with van der Waals surface area (Å²) in [6.07, 6.45) is 5.40. The molecule has 4 N–H and O–H groups in total. The lowest BCUT2D eigenvalue weighted by Gasteiger charge is -2.27. The van der Waals surface area contributed by atoms with Crippen molar-refractivity contribution in [2.45, 2.75) is 13.3 Å². The summed E-state index contributed by atoms with van der Waals surface area (Å²) in [7, 11) is 1.50. The van der Waals surface area contributed by atoms with Gasteiger partial charge in [0.25, 0.3) is 0 Å². The number of thiophene rings is 1. The quantitative estimate of drug-likeness (QED) is 0.176. The number of benzene rings is 7. The molecule has 274 valence electrons. The number of anilines is 3. The van der Waals surface area contributed by atoms with Gasteiger partial charge in [0.2, 0.25) is 0 Å². The van der Waals surface area contributed by atoms with Crippen molar-refractivity contribution in [2.75, 3.05) is 17.7 Å². The molecule has 0 unspecified atom stereocenters. The lowest BCUT2D eigenvalue weighted by atomic mass is 9.95. The third-order valence-corrected chi connectivity index (χ3v) is 11.5. The molecule has 0 radical (unpaired) electrons. The van der Waals surface area contributed by atoms with E-state index in [-0.39, 0.29) is 0 Å². The Bertz CT molecular complexity index is 2830. The first kappa shape index (κ1) is 36.3. The van der Waals surface area contributed by atoms with Gasteiger partial charge in [-0.2, -0.15) is 0 Å². The number of nitrogen functional groups attached to an aromatic ring is 1. The number of aryl methyl sites for hydroxylation is 1. The molecule has 0 saturated heterocycles. The van der Waals surface area contributed by atoms with Gasteiger partial charge in [-0.1, -0.05) is 127 Å². The third kappa shape index (κ3) is 6.90. The largest absolute Gasteiger partial charge is 0.398 e. The van der Waals surface area contributed by atoms with E-state index in [9.17, 15) is 0 Å². The SMILES string of the molecule is C=C1c2cc3c4ccccc4n(-c4ccccc4)c3cc2N(c2ccc(C)cc2)/C=C\c2c1sc1ccccc21.CN.Nc1ccccc1Cc1ccccc1. The monoisotopic (exact) mass is 744 g/mol. The van der Waals surface area contributed by atoms with E-state index >= 15 is 0 Å². The first-order valence-corrected chi connectivity index (χ1v) is 19.7. The summed E-state index contributed by atoms with van der Waals surface area (Å²) in [6, 6.07) is 59.9. The van der Waals surface area contributed by atoms with Gasteiger partial charge in [-0.15, -0.1) is 11.3 Å². The van der Waals surface area contributed by atoms with E-state index in [0.29, 0.717) is 0 Å². The molecule has 2 aromatic heterocycles. The predicted octanol–water partition coefficient (Wildman–Crippen LogP) is 12.9. The standard InChI is InChI=1S/C37H26N2S.C13H13N.CH5N/c1-24-16-18-26(19-17-24)38-21-20-30-29-13-7-9-15-36(29)40-37(30)25(2)31-22-32-28-12-6-8-14-33(28)39(35(32)23-34(31)38)27-10-4-3-5-11-27;14-13-9-5-4-8-12(13)10-11-6-2-1-3-7-11;1-2/h3-23H,2H2,1H3;1-9H,10,14H2;2H2,1H3/b21-20-;;. The Morgan fingerprint density at radius 2 is 1.25 bits per heavy atom. The highest BCUT2D eigenvalue weighted by Gasteiger charge is 2.24. The molecule has 0 saturated carbocycles. The highest BCUT2D eigenvalue weighted by molar-refractivity contribution is 7.20. The molecule has 5 heteroatoms. The Labute approximate surface area is 332 Å². The van der Waals surface area contributed by atoms with Crippen LogP contribution < -0.4 is 16.4 Å². The zero-order chi connectivity index (χ0) is 38.6. The fraction of sp³-hybridized carbons (Fsp3) is 0.0588. The van der Waals surface area contributed by atoms with E-state index in [0.717, 1.165) is 40.3 Å². The summed E-state index contributed by atoms with van der Waals surface area (Å²) in [6.45, 7) is 6.86. The fourth-order valence-electron chi connectivity index (χ4n) is 7.55. The number of hydrogen-bond donors (Lipinski definition) is 2. The Morgan fingerprint density at radius 3 is 2.00 bits per heavy atom. The topological polar surface area (TPSA) is 60.2 Å². The van der Waals surface area contributed by atoms with Gasteiger partial charge in [-0.25, -0.2) is 0 Å². The summed E-state index contributed by atoms with van der Waals surface area (Å²) >= 11 is 1.83. The predicted molar refractivity (Wildman–Crippen MR) is 243 cm³/mol. The van der Waals surface area contributed by atoms with Crippen molar-refractivity contribution in [3.8, 4) is 5.69 Å². The van der Waals surface area contributed by atoms with Crippen molar-refractivity contribution >= 4 is 71.9 Å². The highest BCUT2D eigenvalue weighted by atomic mass is 32.1. The van der Waals surface area contributed by atoms with Gasteiger partial charge in [0, 0.05) is 60.1 Å². The smallest absolute Gasteiger partial charge is 0.0562 e. The summed E-state index contributed by atoms with van der Waals surface area (Å²) < 4.78 is 3.67. The van der Waals surface area contributed by atoms with Crippen molar-refractivity contribution in [1.82, 2.24) is 4.57 Å². The lowest BCUT2D eigenvalue weighted by Crippen LogP contribution is -2.12. The van der Waals surface area contributed by atoms with Crippen molar-refractivity contribution in [3.05, 3.63) is 215 Å². The van der Waals surface area contributed by atoms with Crippen molar-refractivity contribution in [1.29, 1.82) is 0 Å². The number of aromatic nitrogens is 1. The molecule has 0 aliphatic carbocycles. The molecule has 0 spiro atoms. The number of nitrogens with zero attached hydrogens (tertiary/aromatic N) is 2. The number of para-hydroxylation sites is 3. The first-order valence-electron chi connectivity index (χ1n) is 18.9. The van der Waals surface area contributed by atoms with Crippen molar-refractivity contribution in [3.63, 3.8) is 0 Å². The van der Waals surface area contributed by atoms with Gasteiger partial charge in [-0.05, 0) is 97.8 Å². The molecule has 56 heavy (non-hydrogen) atoms. The Morgan fingerprint density at radius 1 is 0.607 bits per heavy atom. The summed E-state index contributed by atoms with van der Waals surface area (Å²) in [5.74, 6) is 0. The minimum atomic E-state index is 0.872. The van der Waals surface area contributed by atoms with E-state index < -0.39 is 0 Å². The molecule has 9 aromatic rings. The molecule has 3 heterocycles. The van der Waals surface area contributed by atoms with Crippen LogP contribution in [0.25, 0.3) is 49.2 Å². The fourth-order valence-corrected chi connectivity index (χ4v) is 8.72. The average molecular weight is 745 g/mol. The van der Waals surface area contributed by atoms with Crippen LogP contribution in [0.4, 0.5) is 17.1 Å². The van der Waals surface area contributed by atoms with E-state index in [2.05, 4.69) is 180 Å². The summed E-state index contributed by atoms with van der Waals surface area (Å²) in [4.78, 5) is 3.55. The van der Waals surface area contributed by atoms with E-state index in [1.807, 2.05) is 35.6 Å². The van der Waals surface area contributed by atoms with Crippen LogP contribution in [-0.2, 0) is 6.42 Å². The molecule has 1 aliphatic heterocycles. The zero-order valence-corrected chi connectivity index (χ0v) is 32.5. The van der Waals surface area contributed by atoms with Crippen LogP contribution >= 0.6 is 11.3 Å². The van der Waals surface area contributed by atoms with Crippen LogP contribution in [0, 0.1) is 6.92 Å². The summed E-state index contributed by atoms with van der Waals surface area (Å²) in [5.41, 5.74) is 24.2. The van der Waals surface area contributed by atoms with Gasteiger partial charge >= 0.3 is 0 Å². The first-order chi connectivity index (χ1) is 27.5. The molecule has 0 fully saturated rings. The van der Waals surface area contributed by atoms with Crippen LogP contribution in [0.5, 0.6) is 0 Å². The molecule has 0 bridgehead atoms. The van der Waals surface area contributed by atoms with Crippen LogP contribution in [0.15, 0.2) is 183 Å². The van der Waals surface area contributed by atoms with Crippen LogP contribution in [0.1, 0.15) is 32.7 Å². The van der Waals surface area contributed by atoms with Gasteiger partial charge in [-0.3, -0.25) is 0 Å². The normalized spacial score (nSPS) is 12.5. The number of hydrogen-bond acceptors (Lipinski definition) is 4. The van der Waals surface area contributed by atoms with Crippen molar-refractivity contribution in [2.24, 2.45) is 5.73 Å². The number of nitrogens with two attached hydrogens (primary N) is 2. The molecule has 4 nitrogen and oxygen atoms in total. The Kier molecular flexibility index (Phi) is 10.4. The van der Waals surface area contributed by atoms with Crippen molar-refractivity contribution < 1.29 is 0 Å². The zero-order valence-electron chi connectivity index (χ0n) is 31.7. The maximum Gasteiger partial charge on any atom is 0.0562 e. The van der Waals surface area contributed by atoms with Crippen LogP contribution in [0.2, 0.25) is 0 Å². The van der Waals surface area contributed by atoms with Crippen LogP contribution in [0.3, 0.4) is 0 Å². The number of fused-ring (bicyclic) bond motifs is 7. The molecular formula is C51H44N4S. The molecule has 10 rings (SSSR count). The minimum Gasteiger partial charge on any atom is -0.398 e. The highest BCUT2D eigenvalue weighted by Crippen LogP contribution is 2.47. The van der Waals surface area contributed by atoms with Gasteiger partial charge in [0.15, 0.2) is 0 Å². The molecular weight excluding hydrogens is 701 g/mol. The third-order valence-electron chi connectivity index (χ3n) is 10.3. The molecule has 7 aromatic carbocycles. The van der Waals surface area contributed by atoms with Crippen LogP contribution in [-0.4, -0.2) is 11.6 Å². The second-order valence-electron chi connectivity index (χ2n) is 13.8. The van der Waals surface area contributed by atoms with E-state index in [4.69, 9.17) is 12.3 Å². The van der Waals surface area contributed by atoms with Gasteiger partial charge in [0.05, 0.1) is 16.7 Å². The molecule has 0 amide bonds. The second-order valence-corrected chi connectivity index (χ2v) is 14.8. The minimum absolute atomic E-state index is 0.872. The second kappa shape index (κ2) is 16.0. The molecule has 0 atom stereocenters. The maximum absolute atomic E-state index is 5.87. The van der Waals surface area contributed by atoms with E-state index in [1.165, 1.54) is 66.1 Å². The average Bonchev–Trinajstić information content (AvgIpc) is 3.78. The van der Waals surface area contributed by atoms with E-state index in [1.54, 1.807) is 0 Å².